The molecule has 0 bridgehead atoms. The second kappa shape index (κ2) is 8.45. The third-order valence-electron chi connectivity index (χ3n) is 6.29. The quantitative estimate of drug-likeness (QED) is 0.793. The van der Waals surface area contributed by atoms with Crippen molar-refractivity contribution in [1.29, 1.82) is 0 Å². The number of piperidine rings is 2. The lowest BCUT2D eigenvalue weighted by Crippen LogP contribution is -2.62. The zero-order chi connectivity index (χ0) is 21.3. The van der Waals surface area contributed by atoms with Crippen LogP contribution < -0.4 is 5.32 Å². The van der Waals surface area contributed by atoms with Gasteiger partial charge in [0.05, 0.1) is 17.7 Å². The maximum absolute atomic E-state index is 12.9. The fourth-order valence-electron chi connectivity index (χ4n) is 4.57. The monoisotopic (exact) mass is 425 g/mol. The molecule has 1 N–H and O–H groups in total. The van der Waals surface area contributed by atoms with Crippen molar-refractivity contribution < 1.29 is 27.5 Å². The number of amides is 3. The lowest BCUT2D eigenvalue weighted by Gasteiger charge is -2.43. The van der Waals surface area contributed by atoms with Gasteiger partial charge in [0.15, 0.2) is 0 Å². The highest BCUT2D eigenvalue weighted by molar-refractivity contribution is 5.79. The largest absolute Gasteiger partial charge is 0.416 e. The van der Waals surface area contributed by atoms with Gasteiger partial charge < -0.3 is 19.9 Å². The molecular formula is C21H26F3N3O3. The molecule has 3 fully saturated rings. The van der Waals surface area contributed by atoms with E-state index in [1.54, 1.807) is 17.0 Å². The molecule has 3 saturated heterocycles. The number of likely N-dealkylation sites (tertiary alicyclic amines) is 2. The Morgan fingerprint density at radius 3 is 2.40 bits per heavy atom. The summed E-state index contributed by atoms with van der Waals surface area (Å²) in [5.74, 6) is 0.206. The number of nitrogens with zero attached hydrogens (tertiary/aromatic N) is 2. The first-order chi connectivity index (χ1) is 14.3. The molecule has 0 aliphatic carbocycles. The third kappa shape index (κ3) is 4.71. The van der Waals surface area contributed by atoms with Gasteiger partial charge in [-0.05, 0) is 49.3 Å². The van der Waals surface area contributed by atoms with Gasteiger partial charge in [-0.15, -0.1) is 0 Å². The third-order valence-corrected chi connectivity index (χ3v) is 6.29. The number of nitrogens with one attached hydrogen (secondary N) is 1. The maximum atomic E-state index is 12.9. The first kappa shape index (κ1) is 21.0. The minimum atomic E-state index is -4.31. The van der Waals surface area contributed by atoms with E-state index in [0.29, 0.717) is 38.5 Å². The highest BCUT2D eigenvalue weighted by Crippen LogP contribution is 2.30. The van der Waals surface area contributed by atoms with Gasteiger partial charge in [-0.25, -0.2) is 4.79 Å². The average molecular weight is 425 g/mol. The van der Waals surface area contributed by atoms with Gasteiger partial charge in [0.25, 0.3) is 0 Å². The molecule has 164 valence electrons. The molecule has 0 unspecified atom stereocenters. The second-order valence-electron chi connectivity index (χ2n) is 8.37. The number of ether oxygens (including phenoxy) is 1. The Kier molecular flexibility index (Phi) is 5.90. The number of hydrogen-bond acceptors (Lipinski definition) is 3. The molecule has 9 heteroatoms. The SMILES string of the molecule is O=C1CO[C@H]2CCN(C(=O)N3CCC(Cc4ccc(C(F)(F)F)cc4)CC3)C[C@H]2N1. The molecule has 4 rings (SSSR count). The molecule has 0 spiro atoms. The number of benzene rings is 1. The molecule has 3 amide bonds. The minimum absolute atomic E-state index is 0.0127. The Bertz CT molecular complexity index is 776. The van der Waals surface area contributed by atoms with E-state index < -0.39 is 11.7 Å². The van der Waals surface area contributed by atoms with E-state index in [1.807, 2.05) is 4.90 Å². The molecule has 3 aliphatic rings. The van der Waals surface area contributed by atoms with Crippen LogP contribution in [0.3, 0.4) is 0 Å². The van der Waals surface area contributed by atoms with Gasteiger partial charge in [-0.3, -0.25) is 4.79 Å². The van der Waals surface area contributed by atoms with Gasteiger partial charge in [-0.2, -0.15) is 13.2 Å². The van der Waals surface area contributed by atoms with Gasteiger partial charge in [-0.1, -0.05) is 12.1 Å². The predicted octanol–water partition coefficient (Wildman–Crippen LogP) is 2.67. The summed E-state index contributed by atoms with van der Waals surface area (Å²) in [6.45, 7) is 2.43. The number of rotatable bonds is 2. The fourth-order valence-corrected chi connectivity index (χ4v) is 4.57. The van der Waals surface area contributed by atoms with Gasteiger partial charge in [0, 0.05) is 26.2 Å². The minimum Gasteiger partial charge on any atom is -0.366 e. The normalized spacial score (nSPS) is 25.6. The van der Waals surface area contributed by atoms with Crippen molar-refractivity contribution in [2.75, 3.05) is 32.8 Å². The van der Waals surface area contributed by atoms with Crippen LogP contribution in [0.1, 0.15) is 30.4 Å². The molecule has 0 radical (unpaired) electrons. The van der Waals surface area contributed by atoms with E-state index >= 15 is 0 Å². The molecule has 0 aromatic heterocycles. The first-order valence-electron chi connectivity index (χ1n) is 10.4. The summed E-state index contributed by atoms with van der Waals surface area (Å²) in [5, 5.41) is 2.91. The van der Waals surface area contributed by atoms with Crippen LogP contribution in [-0.2, 0) is 22.1 Å². The Morgan fingerprint density at radius 1 is 1.07 bits per heavy atom. The van der Waals surface area contributed by atoms with Gasteiger partial charge in [0.2, 0.25) is 5.91 Å². The number of alkyl halides is 3. The smallest absolute Gasteiger partial charge is 0.366 e. The van der Waals surface area contributed by atoms with Crippen molar-refractivity contribution in [3.63, 3.8) is 0 Å². The molecule has 3 aliphatic heterocycles. The first-order valence-corrected chi connectivity index (χ1v) is 10.4. The maximum Gasteiger partial charge on any atom is 0.416 e. The highest BCUT2D eigenvalue weighted by atomic mass is 19.4. The lowest BCUT2D eigenvalue weighted by molar-refractivity contribution is -0.140. The summed E-state index contributed by atoms with van der Waals surface area (Å²) < 4.78 is 43.6. The van der Waals surface area contributed by atoms with Crippen molar-refractivity contribution in [3.8, 4) is 0 Å². The van der Waals surface area contributed by atoms with Crippen LogP contribution in [0.25, 0.3) is 0 Å². The Labute approximate surface area is 173 Å². The molecule has 2 atom stereocenters. The molecule has 1 aromatic rings. The summed E-state index contributed by atoms with van der Waals surface area (Å²) in [6, 6.07) is 5.19. The molecule has 0 saturated carbocycles. The van der Waals surface area contributed by atoms with Crippen LogP contribution in [0, 0.1) is 5.92 Å². The van der Waals surface area contributed by atoms with Crippen LogP contribution in [-0.4, -0.2) is 66.7 Å². The number of fused-ring (bicyclic) bond motifs is 1. The Balaban J connectivity index is 1.26. The number of halogens is 3. The zero-order valence-electron chi connectivity index (χ0n) is 16.7. The van der Waals surface area contributed by atoms with Crippen LogP contribution in [0.4, 0.5) is 18.0 Å². The van der Waals surface area contributed by atoms with Crippen LogP contribution in [0.15, 0.2) is 24.3 Å². The van der Waals surface area contributed by atoms with Crippen LogP contribution in [0.2, 0.25) is 0 Å². The number of carbonyl (C=O) groups is 2. The van der Waals surface area contributed by atoms with Crippen molar-refractivity contribution >= 4 is 11.9 Å². The average Bonchev–Trinajstić information content (AvgIpc) is 2.73. The Hall–Kier alpha value is -2.29. The van der Waals surface area contributed by atoms with E-state index in [4.69, 9.17) is 4.74 Å². The van der Waals surface area contributed by atoms with E-state index in [-0.39, 0.29) is 30.7 Å². The standard InChI is InChI=1S/C21H26F3N3O3/c22-21(23,24)16-3-1-14(2-4-16)11-15-5-8-26(9-6-15)20(29)27-10-7-18-17(12-27)25-19(28)13-30-18/h1-4,15,17-18H,5-13H2,(H,25,28)/t17-,18+/m1/s1. The van der Waals surface area contributed by atoms with Crippen molar-refractivity contribution in [2.45, 2.75) is 44.0 Å². The Morgan fingerprint density at radius 2 is 1.73 bits per heavy atom. The van der Waals surface area contributed by atoms with E-state index in [2.05, 4.69) is 5.32 Å². The molecule has 1 aromatic carbocycles. The number of carbonyl (C=O) groups excluding carboxylic acids is 2. The zero-order valence-corrected chi connectivity index (χ0v) is 16.7. The summed E-state index contributed by atoms with van der Waals surface area (Å²) in [6.07, 6.45) is -1.26. The summed E-state index contributed by atoms with van der Waals surface area (Å²) in [5.41, 5.74) is 0.262. The molecule has 30 heavy (non-hydrogen) atoms. The molecule has 6 nitrogen and oxygen atoms in total. The topological polar surface area (TPSA) is 61.9 Å². The van der Waals surface area contributed by atoms with E-state index in [0.717, 1.165) is 37.0 Å². The number of hydrogen-bond donors (Lipinski definition) is 1. The summed E-state index contributed by atoms with van der Waals surface area (Å²) in [4.78, 5) is 28.1. The number of urea groups is 1. The van der Waals surface area contributed by atoms with Crippen molar-refractivity contribution in [2.24, 2.45) is 5.92 Å². The fraction of sp³-hybridized carbons (Fsp3) is 0.619. The van der Waals surface area contributed by atoms with Crippen LogP contribution in [0.5, 0.6) is 0 Å². The van der Waals surface area contributed by atoms with Gasteiger partial charge in [0.1, 0.15) is 6.61 Å². The highest BCUT2D eigenvalue weighted by Gasteiger charge is 2.38. The molecule has 3 heterocycles. The lowest BCUT2D eigenvalue weighted by atomic mass is 9.90. The summed E-state index contributed by atoms with van der Waals surface area (Å²) in [7, 11) is 0. The van der Waals surface area contributed by atoms with Crippen molar-refractivity contribution in [3.05, 3.63) is 35.4 Å². The summed E-state index contributed by atoms with van der Waals surface area (Å²) >= 11 is 0. The van der Waals surface area contributed by atoms with E-state index in [1.165, 1.54) is 0 Å². The number of morpholine rings is 1. The predicted molar refractivity (Wildman–Crippen MR) is 103 cm³/mol. The van der Waals surface area contributed by atoms with E-state index in [9.17, 15) is 22.8 Å². The van der Waals surface area contributed by atoms with Crippen LogP contribution >= 0.6 is 0 Å². The molecular weight excluding hydrogens is 399 g/mol. The van der Waals surface area contributed by atoms with Gasteiger partial charge >= 0.3 is 12.2 Å². The van der Waals surface area contributed by atoms with Crippen molar-refractivity contribution in [1.82, 2.24) is 15.1 Å². The second-order valence-corrected chi connectivity index (χ2v) is 8.37.